The van der Waals surface area contributed by atoms with Crippen LogP contribution in [0.15, 0.2) is 34.1 Å². The van der Waals surface area contributed by atoms with Crippen molar-refractivity contribution in [3.05, 3.63) is 34.1 Å². The van der Waals surface area contributed by atoms with Gasteiger partial charge in [0, 0.05) is 33.6 Å². The number of hydrogen-bond donors (Lipinski definition) is 1. The fourth-order valence-corrected chi connectivity index (χ4v) is 3.46. The molecular formula is C13H11BrN2OS2. The molecule has 2 heterocycles. The van der Waals surface area contributed by atoms with E-state index in [2.05, 4.69) is 33.5 Å². The monoisotopic (exact) mass is 354 g/mol. The van der Waals surface area contributed by atoms with Crippen LogP contribution in [0.1, 0.15) is 6.42 Å². The molecule has 0 bridgehead atoms. The van der Waals surface area contributed by atoms with Gasteiger partial charge in [-0.1, -0.05) is 28.1 Å². The highest BCUT2D eigenvalue weighted by Crippen LogP contribution is 2.31. The van der Waals surface area contributed by atoms with Crippen LogP contribution in [-0.2, 0) is 4.79 Å². The lowest BCUT2D eigenvalue weighted by Crippen LogP contribution is -2.24. The molecule has 3 rings (SSSR count). The van der Waals surface area contributed by atoms with Crippen molar-refractivity contribution in [2.75, 3.05) is 11.4 Å². The Kier molecular flexibility index (Phi) is 3.64. The van der Waals surface area contributed by atoms with E-state index in [1.54, 1.807) is 4.90 Å². The number of nitrogens with zero attached hydrogens (tertiary/aromatic N) is 2. The van der Waals surface area contributed by atoms with Crippen LogP contribution in [0.4, 0.5) is 5.13 Å². The normalized spacial score (nSPS) is 19.2. The zero-order chi connectivity index (χ0) is 13.4. The van der Waals surface area contributed by atoms with E-state index in [-0.39, 0.29) is 11.2 Å². The van der Waals surface area contributed by atoms with E-state index in [0.717, 1.165) is 20.9 Å². The number of thiazole rings is 1. The average molecular weight is 355 g/mol. The summed E-state index contributed by atoms with van der Waals surface area (Å²) in [4.78, 5) is 18.1. The first-order valence-corrected chi connectivity index (χ1v) is 8.02. The van der Waals surface area contributed by atoms with Crippen molar-refractivity contribution in [2.24, 2.45) is 0 Å². The molecule has 1 aliphatic rings. The predicted molar refractivity (Wildman–Crippen MR) is 85.0 cm³/mol. The lowest BCUT2D eigenvalue weighted by molar-refractivity contribution is -0.117. The number of carbonyl (C=O) groups excluding carboxylic acids is 1. The van der Waals surface area contributed by atoms with Crippen molar-refractivity contribution in [3.8, 4) is 11.3 Å². The second-order valence-electron chi connectivity index (χ2n) is 4.38. The number of amides is 1. The molecule has 98 valence electrons. The van der Waals surface area contributed by atoms with Gasteiger partial charge in [0.25, 0.3) is 0 Å². The van der Waals surface area contributed by atoms with Crippen LogP contribution in [0.3, 0.4) is 0 Å². The van der Waals surface area contributed by atoms with Crippen LogP contribution in [0.5, 0.6) is 0 Å². The van der Waals surface area contributed by atoms with Gasteiger partial charge in [-0.15, -0.1) is 11.3 Å². The summed E-state index contributed by atoms with van der Waals surface area (Å²) >= 11 is 9.27. The predicted octanol–water partition coefficient (Wildman–Crippen LogP) is 3.61. The minimum absolute atomic E-state index is 0.108. The van der Waals surface area contributed by atoms with Crippen LogP contribution in [0.2, 0.25) is 0 Å². The maximum Gasteiger partial charge on any atom is 0.229 e. The largest absolute Gasteiger partial charge is 0.287 e. The summed E-state index contributed by atoms with van der Waals surface area (Å²) in [7, 11) is 0. The third-order valence-corrected chi connectivity index (χ3v) is 4.71. The van der Waals surface area contributed by atoms with E-state index in [1.165, 1.54) is 11.3 Å². The van der Waals surface area contributed by atoms with Crippen molar-refractivity contribution < 1.29 is 4.79 Å². The van der Waals surface area contributed by atoms with Gasteiger partial charge in [0.2, 0.25) is 5.91 Å². The first-order chi connectivity index (χ1) is 9.13. The number of rotatable bonds is 2. The van der Waals surface area contributed by atoms with Gasteiger partial charge in [0.15, 0.2) is 5.13 Å². The van der Waals surface area contributed by atoms with Crippen LogP contribution in [0, 0.1) is 0 Å². The summed E-state index contributed by atoms with van der Waals surface area (Å²) in [5, 5.41) is 2.87. The van der Waals surface area contributed by atoms with Gasteiger partial charge in [-0.2, -0.15) is 12.6 Å². The van der Waals surface area contributed by atoms with Crippen molar-refractivity contribution in [2.45, 2.75) is 11.7 Å². The average Bonchev–Trinajstić information content (AvgIpc) is 2.97. The van der Waals surface area contributed by atoms with Gasteiger partial charge >= 0.3 is 0 Å². The maximum absolute atomic E-state index is 11.8. The summed E-state index contributed by atoms with van der Waals surface area (Å²) in [5.74, 6) is 0.108. The highest BCUT2D eigenvalue weighted by molar-refractivity contribution is 9.10. The topological polar surface area (TPSA) is 33.2 Å². The highest BCUT2D eigenvalue weighted by Gasteiger charge is 2.30. The Labute approximate surface area is 129 Å². The van der Waals surface area contributed by atoms with E-state index in [9.17, 15) is 4.79 Å². The minimum atomic E-state index is 0.108. The fourth-order valence-electron chi connectivity index (χ4n) is 2.02. The van der Waals surface area contributed by atoms with Crippen LogP contribution >= 0.6 is 39.9 Å². The van der Waals surface area contributed by atoms with E-state index in [1.807, 2.05) is 29.6 Å². The zero-order valence-electron chi connectivity index (χ0n) is 9.91. The Morgan fingerprint density at radius 1 is 1.37 bits per heavy atom. The third-order valence-electron chi connectivity index (χ3n) is 2.97. The molecule has 3 nitrogen and oxygen atoms in total. The van der Waals surface area contributed by atoms with Crippen molar-refractivity contribution >= 4 is 50.9 Å². The number of thiol groups is 1. The second-order valence-corrected chi connectivity index (χ2v) is 6.87. The van der Waals surface area contributed by atoms with Crippen molar-refractivity contribution in [1.29, 1.82) is 0 Å². The lowest BCUT2D eigenvalue weighted by atomic mass is 10.2. The standard InChI is InChI=1S/C13H11BrN2OS2/c14-9-3-1-8(2-4-9)11-7-19-13(15-11)16-6-10(18)5-12(16)17/h1-4,7,10,18H,5-6H2. The molecule has 6 heteroatoms. The summed E-state index contributed by atoms with van der Waals surface area (Å²) < 4.78 is 1.04. The van der Waals surface area contributed by atoms with Gasteiger partial charge in [-0.25, -0.2) is 4.98 Å². The number of halogens is 1. The number of carbonyl (C=O) groups is 1. The van der Waals surface area contributed by atoms with Gasteiger partial charge < -0.3 is 0 Å². The molecule has 0 N–H and O–H groups in total. The molecule has 0 aliphatic carbocycles. The second kappa shape index (κ2) is 5.26. The Balaban J connectivity index is 1.87. The summed E-state index contributed by atoms with van der Waals surface area (Å²) in [6, 6.07) is 7.99. The first kappa shape index (κ1) is 13.1. The number of aromatic nitrogens is 1. The van der Waals surface area contributed by atoms with Crippen molar-refractivity contribution in [3.63, 3.8) is 0 Å². The Bertz CT molecular complexity index is 611. The fraction of sp³-hybridized carbons (Fsp3) is 0.231. The van der Waals surface area contributed by atoms with E-state index in [4.69, 9.17) is 0 Å². The SMILES string of the molecule is O=C1CC(S)CN1c1nc(-c2ccc(Br)cc2)cs1. The van der Waals surface area contributed by atoms with Crippen LogP contribution in [0.25, 0.3) is 11.3 Å². The Hall–Kier alpha value is -0.850. The summed E-state index contributed by atoms with van der Waals surface area (Å²) in [6.45, 7) is 0.648. The molecule has 0 radical (unpaired) electrons. The van der Waals surface area contributed by atoms with Gasteiger partial charge in [0.05, 0.1) is 5.69 Å². The number of anilines is 1. The third kappa shape index (κ3) is 2.70. The molecule has 2 aromatic rings. The molecule has 1 amide bonds. The molecule has 1 unspecified atom stereocenters. The van der Waals surface area contributed by atoms with E-state index < -0.39 is 0 Å². The molecular weight excluding hydrogens is 344 g/mol. The molecule has 1 fully saturated rings. The zero-order valence-corrected chi connectivity index (χ0v) is 13.2. The molecule has 0 spiro atoms. The Morgan fingerprint density at radius 2 is 2.11 bits per heavy atom. The molecule has 0 saturated carbocycles. The van der Waals surface area contributed by atoms with Crippen molar-refractivity contribution in [1.82, 2.24) is 4.98 Å². The van der Waals surface area contributed by atoms with Crippen LogP contribution in [-0.4, -0.2) is 22.7 Å². The minimum Gasteiger partial charge on any atom is -0.287 e. The van der Waals surface area contributed by atoms with Crippen LogP contribution < -0.4 is 4.90 Å². The van der Waals surface area contributed by atoms with Gasteiger partial charge in [-0.3, -0.25) is 9.69 Å². The lowest BCUT2D eigenvalue weighted by Gasteiger charge is -2.11. The molecule has 1 saturated heterocycles. The van der Waals surface area contributed by atoms with Gasteiger partial charge in [0.1, 0.15) is 0 Å². The molecule has 1 atom stereocenters. The first-order valence-electron chi connectivity index (χ1n) is 5.83. The molecule has 19 heavy (non-hydrogen) atoms. The smallest absolute Gasteiger partial charge is 0.229 e. The number of hydrogen-bond acceptors (Lipinski definition) is 4. The maximum atomic E-state index is 11.8. The highest BCUT2D eigenvalue weighted by atomic mass is 79.9. The van der Waals surface area contributed by atoms with Gasteiger partial charge in [-0.05, 0) is 12.1 Å². The molecule has 1 aromatic carbocycles. The summed E-state index contributed by atoms with van der Waals surface area (Å²) in [6.07, 6.45) is 0.496. The Morgan fingerprint density at radius 3 is 2.74 bits per heavy atom. The number of benzene rings is 1. The van der Waals surface area contributed by atoms with E-state index >= 15 is 0 Å². The summed E-state index contributed by atoms with van der Waals surface area (Å²) in [5.41, 5.74) is 1.96. The molecule has 1 aliphatic heterocycles. The quantitative estimate of drug-likeness (QED) is 0.835. The molecule has 1 aromatic heterocycles. The van der Waals surface area contributed by atoms with E-state index in [0.29, 0.717) is 13.0 Å².